The summed E-state index contributed by atoms with van der Waals surface area (Å²) in [6.07, 6.45) is 0. The Morgan fingerprint density at radius 1 is 0.652 bits per heavy atom. The maximum atomic E-state index is 13.7. The van der Waals surface area contributed by atoms with E-state index < -0.39 is 40.7 Å². The van der Waals surface area contributed by atoms with E-state index >= 15 is 0 Å². The fraction of sp³-hybridized carbons (Fsp3) is 0.0385. The Morgan fingerprint density at radius 2 is 1.36 bits per heavy atom. The molecule has 0 aromatic heterocycles. The number of ether oxygens (including phenoxy) is 1. The van der Waals surface area contributed by atoms with Gasteiger partial charge in [-0.15, -0.1) is 0 Å². The maximum absolute atomic E-state index is 13.7. The number of carbonyl (C=O) groups is 5. The number of halogens is 2. The molecular formula is C52H33Cl2N3O12. The summed E-state index contributed by atoms with van der Waals surface area (Å²) in [4.78, 5) is 76.8. The Labute approximate surface area is 398 Å². The summed E-state index contributed by atoms with van der Waals surface area (Å²) in [5.74, 6) is -5.00. The molecule has 2 amide bonds. The number of phenols is 1. The first-order chi connectivity index (χ1) is 33.0. The molecule has 0 saturated heterocycles. The van der Waals surface area contributed by atoms with Crippen molar-refractivity contribution in [3.05, 3.63) is 196 Å². The maximum Gasteiger partial charge on any atom is 0.337 e. The van der Waals surface area contributed by atoms with Crippen LogP contribution in [0.15, 0.2) is 124 Å². The third-order valence-corrected chi connectivity index (χ3v) is 12.2. The van der Waals surface area contributed by atoms with Gasteiger partial charge in [-0.25, -0.2) is 14.4 Å². The third-order valence-electron chi connectivity index (χ3n) is 11.5. The molecule has 9 rings (SSSR count). The van der Waals surface area contributed by atoms with Crippen LogP contribution in [0.2, 0.25) is 10.0 Å². The van der Waals surface area contributed by atoms with Crippen LogP contribution < -0.4 is 37.0 Å². The van der Waals surface area contributed by atoms with Gasteiger partial charge in [-0.05, 0) is 89.1 Å². The van der Waals surface area contributed by atoms with Crippen molar-refractivity contribution in [2.24, 2.45) is 0 Å². The molecule has 69 heavy (non-hydrogen) atoms. The number of rotatable bonds is 11. The fourth-order valence-electron chi connectivity index (χ4n) is 8.29. The van der Waals surface area contributed by atoms with Crippen LogP contribution in [0.5, 0.6) is 17.2 Å². The molecule has 17 heteroatoms. The number of nitrogens with two attached hydrogens (primary N) is 1. The molecule has 0 fully saturated rings. The molecule has 0 unspecified atom stereocenters. The second-order valence-electron chi connectivity index (χ2n) is 15.8. The van der Waals surface area contributed by atoms with Crippen LogP contribution in [0.1, 0.15) is 74.0 Å². The summed E-state index contributed by atoms with van der Waals surface area (Å²) in [6.45, 7) is 3.59. The van der Waals surface area contributed by atoms with E-state index in [4.69, 9.17) is 38.1 Å². The molecule has 342 valence electrons. The Hall–Kier alpha value is -8.92. The van der Waals surface area contributed by atoms with Crippen LogP contribution >= 0.6 is 23.2 Å². The Balaban J connectivity index is 0.962. The van der Waals surface area contributed by atoms with Crippen LogP contribution in [0.25, 0.3) is 45.6 Å². The number of amides is 2. The summed E-state index contributed by atoms with van der Waals surface area (Å²) in [6, 6.07) is 27.8. The molecule has 0 spiro atoms. The van der Waals surface area contributed by atoms with Gasteiger partial charge in [0, 0.05) is 68.4 Å². The quantitative estimate of drug-likeness (QED) is 0.0482. The lowest BCUT2D eigenvalue weighted by Gasteiger charge is -2.24. The molecule has 6 aromatic carbocycles. The van der Waals surface area contributed by atoms with Crippen LogP contribution in [-0.4, -0.2) is 50.1 Å². The summed E-state index contributed by atoms with van der Waals surface area (Å²) in [7, 11) is 0. The number of phenolic OH excluding ortho intramolecular Hbond substituents is 1. The summed E-state index contributed by atoms with van der Waals surface area (Å²) < 4.78 is 12.3. The summed E-state index contributed by atoms with van der Waals surface area (Å²) in [5, 5.41) is 47.8. The number of carboxylic acids is 3. The number of hydrogen-bond donors (Lipinski definition) is 7. The molecule has 8 N–H and O–H groups in total. The first kappa shape index (κ1) is 45.2. The fourth-order valence-corrected chi connectivity index (χ4v) is 8.91. The molecule has 2 aliphatic heterocycles. The first-order valence-corrected chi connectivity index (χ1v) is 21.4. The standard InChI is InChI=1S/C52H33Cl2N3O12/c1-23-2-10-31-39(16-23)68-40-18-27(55)8-12-32(40)43(31)44-37(53)20-35(46(54)45(44)52(66)67)49(61)56-21-24-3-5-25(6-4-24)48(60)57-22-36-38(59)15-14-33-42(30-13-9-28(58)19-41(30)69-47(33)36)29-11-7-26(50(62)63)17-34(29)51(64)65/h2-20,59H,1,21-22,55H2,(H,56,61)(H,57,60)(H,62,63)(H,64,65)(H,66,67). The van der Waals surface area contributed by atoms with Crippen LogP contribution in [-0.2, 0) is 13.1 Å². The third kappa shape index (κ3) is 8.32. The lowest BCUT2D eigenvalue weighted by molar-refractivity contribution is 0.0682. The molecule has 6 aromatic rings. The van der Waals surface area contributed by atoms with Gasteiger partial charge >= 0.3 is 17.9 Å². The second kappa shape index (κ2) is 17.7. The molecule has 0 saturated carbocycles. The van der Waals surface area contributed by atoms with E-state index in [0.717, 1.165) is 6.07 Å². The van der Waals surface area contributed by atoms with Crippen molar-refractivity contribution in [3.63, 3.8) is 0 Å². The average Bonchev–Trinajstić information content (AvgIpc) is 3.31. The van der Waals surface area contributed by atoms with Crippen LogP contribution in [0.3, 0.4) is 0 Å². The smallest absolute Gasteiger partial charge is 0.337 e. The van der Waals surface area contributed by atoms with E-state index in [1.807, 2.05) is 0 Å². The molecule has 2 heterocycles. The number of nitrogens with one attached hydrogen (secondary N) is 2. The van der Waals surface area contributed by atoms with Gasteiger partial charge in [0.05, 0.1) is 44.4 Å². The number of aromatic hydroxyl groups is 1. The minimum atomic E-state index is -1.44. The van der Waals surface area contributed by atoms with E-state index in [1.54, 1.807) is 48.5 Å². The molecule has 15 nitrogen and oxygen atoms in total. The minimum absolute atomic E-state index is 0.0242. The zero-order valence-electron chi connectivity index (χ0n) is 35.5. The van der Waals surface area contributed by atoms with E-state index in [2.05, 4.69) is 17.2 Å². The molecular weight excluding hydrogens is 929 g/mol. The van der Waals surface area contributed by atoms with Crippen molar-refractivity contribution in [2.45, 2.75) is 13.1 Å². The van der Waals surface area contributed by atoms with Crippen molar-refractivity contribution in [1.29, 1.82) is 0 Å². The molecule has 0 bridgehead atoms. The van der Waals surface area contributed by atoms with Crippen LogP contribution in [0.4, 0.5) is 5.69 Å². The number of benzene rings is 7. The summed E-state index contributed by atoms with van der Waals surface area (Å²) in [5.41, 5.74) is 7.37. The van der Waals surface area contributed by atoms with Crippen molar-refractivity contribution < 1.29 is 53.6 Å². The van der Waals surface area contributed by atoms with Gasteiger partial charge in [0.15, 0.2) is 5.43 Å². The largest absolute Gasteiger partial charge is 0.507 e. The number of nitrogen functional groups attached to an aromatic ring is 1. The van der Waals surface area contributed by atoms with Gasteiger partial charge in [0.2, 0.25) is 0 Å². The van der Waals surface area contributed by atoms with E-state index in [0.29, 0.717) is 55.3 Å². The highest BCUT2D eigenvalue weighted by Gasteiger charge is 2.31. The number of aromatic carboxylic acids is 3. The number of fused-ring (bicyclic) bond motifs is 4. The normalized spacial score (nSPS) is 11.7. The highest BCUT2D eigenvalue weighted by atomic mass is 35.5. The Kier molecular flexibility index (Phi) is 11.6. The predicted molar refractivity (Wildman–Crippen MR) is 256 cm³/mol. The lowest BCUT2D eigenvalue weighted by atomic mass is 9.88. The Bertz CT molecular complexity index is 3720. The number of carbonyl (C=O) groups excluding carboxylic acids is 2. The van der Waals surface area contributed by atoms with Crippen molar-refractivity contribution in [2.75, 3.05) is 5.73 Å². The lowest BCUT2D eigenvalue weighted by Crippen LogP contribution is -2.25. The minimum Gasteiger partial charge on any atom is -0.507 e. The highest BCUT2D eigenvalue weighted by molar-refractivity contribution is 6.40. The number of carboxylic acid groups (broad SMARTS) is 3. The van der Waals surface area contributed by atoms with Gasteiger partial charge in [-0.2, -0.15) is 0 Å². The Morgan fingerprint density at radius 3 is 2.09 bits per heavy atom. The highest BCUT2D eigenvalue weighted by Crippen LogP contribution is 2.45. The van der Waals surface area contributed by atoms with Crippen LogP contribution in [0, 0.1) is 0 Å². The van der Waals surface area contributed by atoms with E-state index in [1.165, 1.54) is 60.7 Å². The average molecular weight is 963 g/mol. The zero-order chi connectivity index (χ0) is 49.0. The first-order valence-electron chi connectivity index (χ1n) is 20.6. The molecule has 1 aliphatic carbocycles. The monoisotopic (exact) mass is 961 g/mol. The topological polar surface area (TPSA) is 256 Å². The SMILES string of the molecule is C=c1ccc2c(c1)Oc1cc(N)ccc1C=2c1c(Cl)cc(C(=O)NCc2ccc(C(=O)NCc3c(O)ccc4c(-c5ccc(C(=O)O)cc5C(=O)O)c5ccc(=O)cc-5oc34)cc2)c(Cl)c1C(=O)O. The zero-order valence-corrected chi connectivity index (χ0v) is 37.0. The number of anilines is 1. The molecule has 0 atom stereocenters. The van der Waals surface area contributed by atoms with Gasteiger partial charge in [-0.3, -0.25) is 14.4 Å². The van der Waals surface area contributed by atoms with Crippen molar-refractivity contribution >= 4 is 81.7 Å². The van der Waals surface area contributed by atoms with Crippen molar-refractivity contribution in [3.8, 4) is 39.7 Å². The predicted octanol–water partition coefficient (Wildman–Crippen LogP) is 7.88. The van der Waals surface area contributed by atoms with Crippen molar-refractivity contribution in [1.82, 2.24) is 10.6 Å². The number of hydrogen-bond acceptors (Lipinski definition) is 10. The molecule has 3 aliphatic rings. The van der Waals surface area contributed by atoms with Gasteiger partial charge in [-0.1, -0.05) is 60.1 Å². The van der Waals surface area contributed by atoms with E-state index in [9.17, 15) is 49.2 Å². The second-order valence-corrected chi connectivity index (χ2v) is 16.6. The summed E-state index contributed by atoms with van der Waals surface area (Å²) >= 11 is 13.6. The van der Waals surface area contributed by atoms with Gasteiger partial charge in [0.1, 0.15) is 28.6 Å². The van der Waals surface area contributed by atoms with Gasteiger partial charge in [0.25, 0.3) is 11.8 Å². The van der Waals surface area contributed by atoms with E-state index in [-0.39, 0.29) is 84.7 Å². The van der Waals surface area contributed by atoms with Gasteiger partial charge < -0.3 is 45.9 Å². The molecule has 0 radical (unpaired) electrons.